The number of aromatic nitrogens is 1. The zero-order chi connectivity index (χ0) is 13.7. The second kappa shape index (κ2) is 6.51. The number of carbonyl (C=O) groups is 1. The lowest BCUT2D eigenvalue weighted by atomic mass is 10.2. The van der Waals surface area contributed by atoms with Crippen molar-refractivity contribution in [3.63, 3.8) is 0 Å². The number of pyridine rings is 1. The highest BCUT2D eigenvalue weighted by Crippen LogP contribution is 2.12. The van der Waals surface area contributed by atoms with Crippen LogP contribution in [0.3, 0.4) is 0 Å². The molecule has 98 valence electrons. The van der Waals surface area contributed by atoms with Crippen molar-refractivity contribution in [1.82, 2.24) is 4.98 Å². The molecule has 0 radical (unpaired) electrons. The van der Waals surface area contributed by atoms with Crippen molar-refractivity contribution in [2.24, 2.45) is 0 Å². The molecule has 19 heavy (non-hydrogen) atoms. The third-order valence-corrected chi connectivity index (χ3v) is 3.60. The van der Waals surface area contributed by atoms with Gasteiger partial charge in [-0.1, -0.05) is 30.3 Å². The Kier molecular flexibility index (Phi) is 4.73. The van der Waals surface area contributed by atoms with Crippen LogP contribution >= 0.6 is 22.6 Å². The molecule has 0 aliphatic carbocycles. The highest BCUT2D eigenvalue weighted by atomic mass is 127. The van der Waals surface area contributed by atoms with Gasteiger partial charge in [0.15, 0.2) is 0 Å². The number of carbonyl (C=O) groups excluding carboxylic acids is 1. The molecule has 0 aliphatic heterocycles. The van der Waals surface area contributed by atoms with Gasteiger partial charge in [-0.2, -0.15) is 0 Å². The fourth-order valence-electron chi connectivity index (χ4n) is 1.48. The van der Waals surface area contributed by atoms with Gasteiger partial charge >= 0.3 is 6.09 Å². The first-order chi connectivity index (χ1) is 9.15. The molecule has 4 nitrogen and oxygen atoms in total. The monoisotopic (exact) mass is 368 g/mol. The summed E-state index contributed by atoms with van der Waals surface area (Å²) >= 11 is 2.19. The first-order valence-corrected chi connectivity index (χ1v) is 6.84. The predicted molar refractivity (Wildman–Crippen MR) is 81.9 cm³/mol. The molecular formula is C14H13IN2O2. The minimum atomic E-state index is -0.503. The number of anilines is 1. The molecule has 2 aromatic rings. The number of rotatable bonds is 3. The lowest BCUT2D eigenvalue weighted by Gasteiger charge is -2.07. The maximum atomic E-state index is 11.6. The molecule has 0 bridgehead atoms. The maximum Gasteiger partial charge on any atom is 0.413 e. The fourth-order valence-corrected chi connectivity index (χ4v) is 1.78. The van der Waals surface area contributed by atoms with E-state index in [1.165, 1.54) is 0 Å². The van der Waals surface area contributed by atoms with Crippen LogP contribution in [0.2, 0.25) is 0 Å². The van der Waals surface area contributed by atoms with E-state index in [4.69, 9.17) is 4.74 Å². The first-order valence-electron chi connectivity index (χ1n) is 5.76. The summed E-state index contributed by atoms with van der Waals surface area (Å²) in [6.45, 7) is 2.14. The van der Waals surface area contributed by atoms with Gasteiger partial charge in [0.2, 0.25) is 0 Å². The van der Waals surface area contributed by atoms with Crippen LogP contribution < -0.4 is 5.32 Å². The van der Waals surface area contributed by atoms with Crippen molar-refractivity contribution < 1.29 is 9.53 Å². The van der Waals surface area contributed by atoms with Crippen molar-refractivity contribution in [3.05, 3.63) is 57.3 Å². The molecular weight excluding hydrogens is 355 g/mol. The summed E-state index contributed by atoms with van der Waals surface area (Å²) in [7, 11) is 0. The number of hydrogen-bond acceptors (Lipinski definition) is 3. The molecule has 0 saturated carbocycles. The molecule has 5 heteroatoms. The van der Waals surface area contributed by atoms with Gasteiger partial charge in [0.1, 0.15) is 12.4 Å². The van der Waals surface area contributed by atoms with Gasteiger partial charge in [-0.05, 0) is 47.2 Å². The Morgan fingerprint density at radius 3 is 2.68 bits per heavy atom. The number of amides is 1. The number of ether oxygens (including phenoxy) is 1. The quantitative estimate of drug-likeness (QED) is 0.840. The van der Waals surface area contributed by atoms with Crippen LogP contribution in [0.4, 0.5) is 10.6 Å². The number of nitrogens with one attached hydrogen (secondary N) is 1. The van der Waals surface area contributed by atoms with Gasteiger partial charge in [-0.25, -0.2) is 9.78 Å². The molecule has 1 heterocycles. The Labute approximate surface area is 125 Å². The van der Waals surface area contributed by atoms with Crippen LogP contribution in [0.1, 0.15) is 11.3 Å². The van der Waals surface area contributed by atoms with E-state index < -0.39 is 6.09 Å². The minimum absolute atomic E-state index is 0.246. The molecule has 1 aromatic carbocycles. The second-order valence-corrected chi connectivity index (χ2v) is 5.11. The van der Waals surface area contributed by atoms with E-state index in [2.05, 4.69) is 32.9 Å². The Hall–Kier alpha value is -1.63. The van der Waals surface area contributed by atoms with Crippen LogP contribution in [0, 0.1) is 10.5 Å². The van der Waals surface area contributed by atoms with E-state index in [1.807, 2.05) is 43.3 Å². The van der Waals surface area contributed by atoms with Gasteiger partial charge in [0, 0.05) is 3.57 Å². The second-order valence-electron chi connectivity index (χ2n) is 3.95. The van der Waals surface area contributed by atoms with Crippen LogP contribution in [0.15, 0.2) is 42.5 Å². The van der Waals surface area contributed by atoms with Crippen molar-refractivity contribution in [2.75, 3.05) is 5.32 Å². The summed E-state index contributed by atoms with van der Waals surface area (Å²) in [6.07, 6.45) is -0.503. The maximum absolute atomic E-state index is 11.6. The lowest BCUT2D eigenvalue weighted by molar-refractivity contribution is 0.155. The van der Waals surface area contributed by atoms with Crippen LogP contribution in [-0.2, 0) is 11.3 Å². The molecule has 2 rings (SSSR count). The number of halogens is 1. The predicted octanol–water partition coefficient (Wildman–Crippen LogP) is 3.74. The smallest absolute Gasteiger partial charge is 0.413 e. The molecule has 1 amide bonds. The Bertz CT molecular complexity index is 573. The molecule has 0 fully saturated rings. The van der Waals surface area contributed by atoms with Gasteiger partial charge in [0.05, 0.1) is 5.69 Å². The summed E-state index contributed by atoms with van der Waals surface area (Å²) in [5, 5.41) is 2.60. The first kappa shape index (κ1) is 13.8. The normalized spacial score (nSPS) is 10.0. The average molecular weight is 368 g/mol. The van der Waals surface area contributed by atoms with Crippen molar-refractivity contribution in [2.45, 2.75) is 13.5 Å². The van der Waals surface area contributed by atoms with Gasteiger partial charge in [-0.15, -0.1) is 0 Å². The van der Waals surface area contributed by atoms with Gasteiger partial charge < -0.3 is 4.74 Å². The highest BCUT2D eigenvalue weighted by molar-refractivity contribution is 14.1. The molecule has 0 unspecified atom stereocenters. The largest absolute Gasteiger partial charge is 0.444 e. The SMILES string of the molecule is Cc1nc(NC(=O)OCc2ccccc2)ccc1I. The van der Waals surface area contributed by atoms with E-state index >= 15 is 0 Å². The van der Waals surface area contributed by atoms with Crippen LogP contribution in [0.5, 0.6) is 0 Å². The summed E-state index contributed by atoms with van der Waals surface area (Å²) in [5.74, 6) is 0.496. The van der Waals surface area contributed by atoms with E-state index in [-0.39, 0.29) is 6.61 Å². The fraction of sp³-hybridized carbons (Fsp3) is 0.143. The van der Waals surface area contributed by atoms with Crippen LogP contribution in [-0.4, -0.2) is 11.1 Å². The third-order valence-electron chi connectivity index (χ3n) is 2.46. The summed E-state index contributed by atoms with van der Waals surface area (Å²) < 4.78 is 6.17. The zero-order valence-corrected chi connectivity index (χ0v) is 12.5. The van der Waals surface area contributed by atoms with Crippen molar-refractivity contribution >= 4 is 34.5 Å². The summed E-state index contributed by atoms with van der Waals surface area (Å²) in [4.78, 5) is 15.9. The number of aryl methyl sites for hydroxylation is 1. The summed E-state index contributed by atoms with van der Waals surface area (Å²) in [6, 6.07) is 13.2. The third kappa shape index (κ3) is 4.20. The minimum Gasteiger partial charge on any atom is -0.444 e. The molecule has 0 atom stereocenters. The number of hydrogen-bond donors (Lipinski definition) is 1. The van der Waals surface area contributed by atoms with Gasteiger partial charge in [0.25, 0.3) is 0 Å². The number of benzene rings is 1. The number of nitrogens with zero attached hydrogens (tertiary/aromatic N) is 1. The molecule has 0 aliphatic rings. The zero-order valence-electron chi connectivity index (χ0n) is 10.4. The van der Waals surface area contributed by atoms with E-state index in [1.54, 1.807) is 6.07 Å². The highest BCUT2D eigenvalue weighted by Gasteiger charge is 2.05. The molecule has 1 aromatic heterocycles. The summed E-state index contributed by atoms with van der Waals surface area (Å²) in [5.41, 5.74) is 1.82. The van der Waals surface area contributed by atoms with Crippen LogP contribution in [0.25, 0.3) is 0 Å². The van der Waals surface area contributed by atoms with E-state index in [0.29, 0.717) is 5.82 Å². The Balaban J connectivity index is 1.89. The molecule has 1 N–H and O–H groups in total. The standard InChI is InChI=1S/C14H13IN2O2/c1-10-12(15)7-8-13(16-10)17-14(18)19-9-11-5-3-2-4-6-11/h2-8H,9H2,1H3,(H,16,17,18). The topological polar surface area (TPSA) is 51.2 Å². The Morgan fingerprint density at radius 1 is 1.26 bits per heavy atom. The van der Waals surface area contributed by atoms with E-state index in [9.17, 15) is 4.79 Å². The van der Waals surface area contributed by atoms with Crippen molar-refractivity contribution in [1.29, 1.82) is 0 Å². The lowest BCUT2D eigenvalue weighted by Crippen LogP contribution is -2.14. The average Bonchev–Trinajstić information content (AvgIpc) is 2.42. The molecule has 0 saturated heterocycles. The Morgan fingerprint density at radius 2 is 2.00 bits per heavy atom. The van der Waals surface area contributed by atoms with E-state index in [0.717, 1.165) is 14.8 Å². The van der Waals surface area contributed by atoms with Crippen molar-refractivity contribution in [3.8, 4) is 0 Å². The molecule has 0 spiro atoms. The van der Waals surface area contributed by atoms with Gasteiger partial charge in [-0.3, -0.25) is 5.32 Å².